The van der Waals surface area contributed by atoms with Gasteiger partial charge in [0.25, 0.3) is 5.69 Å². The number of benzene rings is 2. The van der Waals surface area contributed by atoms with Crippen LogP contribution >= 0.6 is 0 Å². The van der Waals surface area contributed by atoms with Crippen LogP contribution in [0.5, 0.6) is 0 Å². The molecule has 1 saturated heterocycles. The van der Waals surface area contributed by atoms with Gasteiger partial charge in [-0.2, -0.15) is 8.42 Å². The first-order chi connectivity index (χ1) is 14.8. The van der Waals surface area contributed by atoms with Gasteiger partial charge in [-0.15, -0.1) is 0 Å². The van der Waals surface area contributed by atoms with Crippen LogP contribution in [0.25, 0.3) is 0 Å². The molecule has 10 nitrogen and oxygen atoms in total. The van der Waals surface area contributed by atoms with E-state index in [-0.39, 0.29) is 53.4 Å². The number of hydrogen-bond donors (Lipinski definition) is 0. The van der Waals surface area contributed by atoms with E-state index in [9.17, 15) is 28.1 Å². The number of nitrogens with zero attached hydrogens (tertiary/aromatic N) is 2. The Labute approximate surface area is 177 Å². The van der Waals surface area contributed by atoms with E-state index in [1.54, 1.807) is 24.3 Å². The standard InChI is InChI=1S/C20H16N2O8S/c23-18-11-15-10-17(30-31(27,28)16-8-6-14(7-9-16)22(25)26)19(21(15)18)20(24)29-12-13-4-2-1-3-5-13/h1-9,15H,10-12H2. The van der Waals surface area contributed by atoms with Crippen molar-refractivity contribution in [1.82, 2.24) is 4.90 Å². The topological polar surface area (TPSA) is 133 Å². The number of ether oxygens (including phenoxy) is 1. The zero-order chi connectivity index (χ0) is 22.2. The molecule has 0 radical (unpaired) electrons. The second kappa shape index (κ2) is 7.84. The molecule has 2 heterocycles. The van der Waals surface area contributed by atoms with Crippen LogP contribution in [0.2, 0.25) is 0 Å². The summed E-state index contributed by atoms with van der Waals surface area (Å²) in [5, 5.41) is 10.8. The van der Waals surface area contributed by atoms with Crippen molar-refractivity contribution in [3.63, 3.8) is 0 Å². The molecule has 11 heteroatoms. The van der Waals surface area contributed by atoms with E-state index in [1.165, 1.54) is 4.90 Å². The lowest BCUT2D eigenvalue weighted by Gasteiger charge is -2.34. The average Bonchev–Trinajstić information content (AvgIpc) is 3.04. The molecule has 0 aromatic heterocycles. The lowest BCUT2D eigenvalue weighted by Crippen LogP contribution is -2.49. The minimum absolute atomic E-state index is 0.0493. The van der Waals surface area contributed by atoms with Crippen molar-refractivity contribution in [2.24, 2.45) is 0 Å². The van der Waals surface area contributed by atoms with Crippen molar-refractivity contribution in [2.45, 2.75) is 30.4 Å². The van der Waals surface area contributed by atoms with E-state index in [1.807, 2.05) is 6.07 Å². The summed E-state index contributed by atoms with van der Waals surface area (Å²) < 4.78 is 35.8. The van der Waals surface area contributed by atoms with Gasteiger partial charge in [0, 0.05) is 25.0 Å². The highest BCUT2D eigenvalue weighted by molar-refractivity contribution is 7.86. The maximum absolute atomic E-state index is 12.7. The van der Waals surface area contributed by atoms with Crippen LogP contribution in [0.15, 0.2) is 70.9 Å². The normalized spacial score (nSPS) is 17.7. The Morgan fingerprint density at radius 1 is 1.10 bits per heavy atom. The fourth-order valence-corrected chi connectivity index (χ4v) is 4.37. The van der Waals surface area contributed by atoms with Gasteiger partial charge in [0.1, 0.15) is 11.5 Å². The van der Waals surface area contributed by atoms with Crippen LogP contribution < -0.4 is 0 Å². The Hall–Kier alpha value is -3.73. The summed E-state index contributed by atoms with van der Waals surface area (Å²) >= 11 is 0. The van der Waals surface area contributed by atoms with E-state index in [4.69, 9.17) is 8.92 Å². The third kappa shape index (κ3) is 3.99. The smallest absolute Gasteiger partial charge is 0.358 e. The van der Waals surface area contributed by atoms with Crippen LogP contribution in [0.3, 0.4) is 0 Å². The molecule has 2 aromatic carbocycles. The second-order valence-corrected chi connectivity index (χ2v) is 8.49. The fourth-order valence-electron chi connectivity index (χ4n) is 3.39. The molecule has 2 aliphatic rings. The minimum Gasteiger partial charge on any atom is -0.456 e. The van der Waals surface area contributed by atoms with Gasteiger partial charge >= 0.3 is 16.1 Å². The molecule has 2 aliphatic heterocycles. The first kappa shape index (κ1) is 20.5. The van der Waals surface area contributed by atoms with Crippen molar-refractivity contribution in [1.29, 1.82) is 0 Å². The molecule has 2 aromatic rings. The number of fused-ring (bicyclic) bond motifs is 1. The number of carbonyl (C=O) groups is 2. The molecule has 1 fully saturated rings. The monoisotopic (exact) mass is 444 g/mol. The number of rotatable bonds is 7. The summed E-state index contributed by atoms with van der Waals surface area (Å²) in [6, 6.07) is 12.6. The third-order valence-corrected chi connectivity index (χ3v) is 6.19. The van der Waals surface area contributed by atoms with E-state index in [0.717, 1.165) is 29.8 Å². The van der Waals surface area contributed by atoms with Crippen molar-refractivity contribution >= 4 is 27.7 Å². The van der Waals surface area contributed by atoms with E-state index < -0.39 is 21.0 Å². The van der Waals surface area contributed by atoms with Gasteiger partial charge in [-0.3, -0.25) is 19.8 Å². The molecule has 31 heavy (non-hydrogen) atoms. The molecule has 4 rings (SSSR count). The summed E-state index contributed by atoms with van der Waals surface area (Å²) in [7, 11) is -4.38. The quantitative estimate of drug-likeness (QED) is 0.209. The van der Waals surface area contributed by atoms with Crippen molar-refractivity contribution < 1.29 is 31.9 Å². The predicted octanol–water partition coefficient (Wildman–Crippen LogP) is 2.26. The van der Waals surface area contributed by atoms with Crippen LogP contribution in [0, 0.1) is 10.1 Å². The first-order valence-electron chi connectivity index (χ1n) is 9.21. The fraction of sp³-hybridized carbons (Fsp3) is 0.200. The van der Waals surface area contributed by atoms with Crippen molar-refractivity contribution in [3.05, 3.63) is 81.7 Å². The minimum atomic E-state index is -4.38. The van der Waals surface area contributed by atoms with Gasteiger partial charge in [-0.05, 0) is 17.7 Å². The number of nitro groups is 1. The summed E-state index contributed by atoms with van der Waals surface area (Å²) in [5.41, 5.74) is 0.212. The molecule has 1 amide bonds. The maximum Gasteiger partial charge on any atom is 0.358 e. The summed E-state index contributed by atoms with van der Waals surface area (Å²) in [6.45, 7) is -0.0573. The number of nitro benzene ring substituents is 1. The molecular weight excluding hydrogens is 428 g/mol. The highest BCUT2D eigenvalue weighted by atomic mass is 32.2. The largest absolute Gasteiger partial charge is 0.456 e. The second-order valence-electron chi connectivity index (χ2n) is 6.95. The van der Waals surface area contributed by atoms with Crippen LogP contribution in [0.1, 0.15) is 18.4 Å². The molecule has 1 atom stereocenters. The zero-order valence-corrected chi connectivity index (χ0v) is 16.8. The van der Waals surface area contributed by atoms with Gasteiger partial charge in [-0.25, -0.2) is 4.79 Å². The number of hydrogen-bond acceptors (Lipinski definition) is 8. The lowest BCUT2D eigenvalue weighted by atomic mass is 10.0. The highest BCUT2D eigenvalue weighted by Crippen LogP contribution is 2.40. The highest BCUT2D eigenvalue weighted by Gasteiger charge is 2.50. The number of β-lactam (4-membered cyclic amide) rings is 1. The molecule has 0 aliphatic carbocycles. The van der Waals surface area contributed by atoms with E-state index in [0.29, 0.717) is 0 Å². The molecular formula is C20H16N2O8S. The molecule has 160 valence electrons. The third-order valence-electron chi connectivity index (χ3n) is 4.92. The Kier molecular flexibility index (Phi) is 5.19. The van der Waals surface area contributed by atoms with Gasteiger partial charge in [0.15, 0.2) is 11.5 Å². The molecule has 0 bridgehead atoms. The van der Waals surface area contributed by atoms with Gasteiger partial charge in [0.2, 0.25) is 5.91 Å². The number of carbonyl (C=O) groups excluding carboxylic acids is 2. The zero-order valence-electron chi connectivity index (χ0n) is 16.0. The van der Waals surface area contributed by atoms with Crippen LogP contribution in [-0.2, 0) is 35.2 Å². The molecule has 0 saturated carbocycles. The Bertz CT molecular complexity index is 1190. The first-order valence-corrected chi connectivity index (χ1v) is 10.6. The van der Waals surface area contributed by atoms with E-state index >= 15 is 0 Å². The van der Waals surface area contributed by atoms with Crippen molar-refractivity contribution in [3.8, 4) is 0 Å². The van der Waals surface area contributed by atoms with Crippen molar-refractivity contribution in [2.75, 3.05) is 0 Å². The SMILES string of the molecule is O=C(OCc1ccccc1)C1=C(OS(=O)(=O)c2ccc([N+](=O)[O-])cc2)CC2CC(=O)N12. The predicted molar refractivity (Wildman–Crippen MR) is 104 cm³/mol. The Morgan fingerprint density at radius 2 is 1.77 bits per heavy atom. The number of non-ortho nitro benzene ring substituents is 1. The average molecular weight is 444 g/mol. The van der Waals surface area contributed by atoms with Crippen LogP contribution in [-0.4, -0.2) is 36.2 Å². The molecule has 0 spiro atoms. The Morgan fingerprint density at radius 3 is 2.39 bits per heavy atom. The number of amides is 1. The van der Waals surface area contributed by atoms with Gasteiger partial charge in [-0.1, -0.05) is 30.3 Å². The maximum atomic E-state index is 12.7. The van der Waals surface area contributed by atoms with Crippen LogP contribution in [0.4, 0.5) is 5.69 Å². The molecule has 0 N–H and O–H groups in total. The van der Waals surface area contributed by atoms with Gasteiger partial charge < -0.3 is 8.92 Å². The molecule has 1 unspecified atom stereocenters. The lowest BCUT2D eigenvalue weighted by molar-refractivity contribution is -0.384. The summed E-state index contributed by atoms with van der Waals surface area (Å²) in [5.74, 6) is -1.39. The summed E-state index contributed by atoms with van der Waals surface area (Å²) in [4.78, 5) is 35.7. The van der Waals surface area contributed by atoms with E-state index in [2.05, 4.69) is 0 Å². The summed E-state index contributed by atoms with van der Waals surface area (Å²) in [6.07, 6.45) is 0.216. The number of esters is 1. The Balaban J connectivity index is 1.58. The van der Waals surface area contributed by atoms with Gasteiger partial charge in [0.05, 0.1) is 11.0 Å².